The third-order valence-corrected chi connectivity index (χ3v) is 2.78. The highest BCUT2D eigenvalue weighted by atomic mass is 19.1. The highest BCUT2D eigenvalue weighted by Gasteiger charge is 2.34. The van der Waals surface area contributed by atoms with Crippen molar-refractivity contribution in [1.29, 1.82) is 0 Å². The Hall–Kier alpha value is -1.03. The molecular weight excluding hydrogens is 203 g/mol. The molecule has 82 valence electrons. The lowest BCUT2D eigenvalue weighted by Crippen LogP contribution is -2.36. The zero-order valence-electron chi connectivity index (χ0n) is 8.19. The molecule has 0 bridgehead atoms. The molecule has 0 spiro atoms. The molecule has 0 aromatic heterocycles. The molecule has 1 aromatic carbocycles. The minimum atomic E-state index is -1.59. The van der Waals surface area contributed by atoms with Gasteiger partial charge in [0.15, 0.2) is 0 Å². The molecule has 1 saturated heterocycles. The molecule has 0 saturated carbocycles. The topological polar surface area (TPSA) is 12.0 Å². The molecule has 0 radical (unpaired) electrons. The van der Waals surface area contributed by atoms with Crippen LogP contribution in [-0.4, -0.2) is 13.1 Å². The molecule has 0 atom stereocenters. The van der Waals surface area contributed by atoms with Gasteiger partial charge in [-0.05, 0) is 43.6 Å². The Bertz CT molecular complexity index is 339. The summed E-state index contributed by atoms with van der Waals surface area (Å²) in [4.78, 5) is 0. The van der Waals surface area contributed by atoms with E-state index in [1.807, 2.05) is 0 Å². The minimum absolute atomic E-state index is 0.113. The van der Waals surface area contributed by atoms with Gasteiger partial charge in [0.1, 0.15) is 17.3 Å². The van der Waals surface area contributed by atoms with Crippen LogP contribution in [0, 0.1) is 11.6 Å². The first kappa shape index (κ1) is 10.5. The van der Waals surface area contributed by atoms with Crippen molar-refractivity contribution >= 4 is 0 Å². The predicted molar refractivity (Wildman–Crippen MR) is 51.2 cm³/mol. The molecule has 1 nitrogen and oxygen atoms in total. The lowest BCUT2D eigenvalue weighted by Gasteiger charge is -2.30. The summed E-state index contributed by atoms with van der Waals surface area (Å²) in [5.41, 5.74) is -1.48. The summed E-state index contributed by atoms with van der Waals surface area (Å²) >= 11 is 0. The largest absolute Gasteiger partial charge is 0.316 e. The number of nitrogens with one attached hydrogen (secondary N) is 1. The van der Waals surface area contributed by atoms with Gasteiger partial charge < -0.3 is 5.32 Å². The van der Waals surface area contributed by atoms with Gasteiger partial charge in [0.25, 0.3) is 0 Å². The summed E-state index contributed by atoms with van der Waals surface area (Å²) < 4.78 is 40.2. The average molecular weight is 215 g/mol. The van der Waals surface area contributed by atoms with Crippen molar-refractivity contribution < 1.29 is 13.2 Å². The molecule has 15 heavy (non-hydrogen) atoms. The Balaban J connectivity index is 2.34. The van der Waals surface area contributed by atoms with Crippen LogP contribution in [0.3, 0.4) is 0 Å². The van der Waals surface area contributed by atoms with Crippen LogP contribution < -0.4 is 5.32 Å². The van der Waals surface area contributed by atoms with Gasteiger partial charge in [0.2, 0.25) is 0 Å². The van der Waals surface area contributed by atoms with Crippen molar-refractivity contribution in [3.05, 3.63) is 35.4 Å². The van der Waals surface area contributed by atoms with Gasteiger partial charge in [0.05, 0.1) is 0 Å². The third-order valence-electron chi connectivity index (χ3n) is 2.78. The Morgan fingerprint density at radius 2 is 1.53 bits per heavy atom. The number of piperidine rings is 1. The monoisotopic (exact) mass is 215 g/mol. The molecule has 1 aliphatic heterocycles. The van der Waals surface area contributed by atoms with Gasteiger partial charge in [-0.3, -0.25) is 0 Å². The fourth-order valence-electron chi connectivity index (χ4n) is 1.92. The smallest absolute Gasteiger partial charge is 0.138 e. The van der Waals surface area contributed by atoms with E-state index in [1.54, 1.807) is 0 Å². The summed E-state index contributed by atoms with van der Waals surface area (Å²) in [6, 6.07) is 2.91. The maximum atomic E-state index is 14.3. The number of rotatable bonds is 1. The van der Waals surface area contributed by atoms with E-state index in [4.69, 9.17) is 0 Å². The molecule has 4 heteroatoms. The van der Waals surface area contributed by atoms with Gasteiger partial charge >= 0.3 is 0 Å². The van der Waals surface area contributed by atoms with Crippen molar-refractivity contribution in [2.24, 2.45) is 0 Å². The fourth-order valence-corrected chi connectivity index (χ4v) is 1.92. The number of benzene rings is 1. The highest BCUT2D eigenvalue weighted by Crippen LogP contribution is 2.35. The second-order valence-electron chi connectivity index (χ2n) is 3.87. The Labute approximate surface area is 86.3 Å². The predicted octanol–water partition coefficient (Wildman–Crippen LogP) is 2.51. The summed E-state index contributed by atoms with van der Waals surface area (Å²) in [7, 11) is 0. The summed E-state index contributed by atoms with van der Waals surface area (Å²) in [5, 5.41) is 3.01. The SMILES string of the molecule is Fc1cc(F)cc(C2(F)CCNCC2)c1. The Morgan fingerprint density at radius 3 is 2.07 bits per heavy atom. The van der Waals surface area contributed by atoms with E-state index in [0.29, 0.717) is 13.1 Å². The molecule has 0 amide bonds. The first-order valence-corrected chi connectivity index (χ1v) is 4.96. The number of alkyl halides is 1. The van der Waals surface area contributed by atoms with Crippen LogP contribution in [0.15, 0.2) is 18.2 Å². The molecule has 0 unspecified atom stereocenters. The Kier molecular flexibility index (Phi) is 2.69. The van der Waals surface area contributed by atoms with Gasteiger partial charge in [-0.2, -0.15) is 0 Å². The van der Waals surface area contributed by atoms with E-state index >= 15 is 0 Å². The van der Waals surface area contributed by atoms with Crippen LogP contribution in [0.5, 0.6) is 0 Å². The lowest BCUT2D eigenvalue weighted by atomic mass is 9.87. The normalized spacial score (nSPS) is 20.2. The first-order chi connectivity index (χ1) is 7.10. The molecule has 1 aromatic rings. The molecular formula is C11H12F3N. The molecule has 1 fully saturated rings. The molecule has 1 heterocycles. The third kappa shape index (κ3) is 2.15. The molecule has 1 aliphatic rings. The minimum Gasteiger partial charge on any atom is -0.316 e. The molecule has 0 aliphatic carbocycles. The fraction of sp³-hybridized carbons (Fsp3) is 0.455. The van der Waals surface area contributed by atoms with E-state index in [9.17, 15) is 13.2 Å². The van der Waals surface area contributed by atoms with Gasteiger partial charge in [-0.1, -0.05) is 0 Å². The number of hydrogen-bond donors (Lipinski definition) is 1. The summed E-state index contributed by atoms with van der Waals surface area (Å²) in [6.07, 6.45) is 0.520. The Morgan fingerprint density at radius 1 is 1.00 bits per heavy atom. The van der Waals surface area contributed by atoms with Crippen LogP contribution in [0.4, 0.5) is 13.2 Å². The summed E-state index contributed by atoms with van der Waals surface area (Å²) in [5.74, 6) is -1.44. The van der Waals surface area contributed by atoms with Crippen molar-refractivity contribution in [1.82, 2.24) is 5.32 Å². The first-order valence-electron chi connectivity index (χ1n) is 4.96. The van der Waals surface area contributed by atoms with Gasteiger partial charge in [-0.25, -0.2) is 13.2 Å². The van der Waals surface area contributed by atoms with Crippen LogP contribution in [0.25, 0.3) is 0 Å². The van der Waals surface area contributed by atoms with Crippen LogP contribution >= 0.6 is 0 Å². The molecule has 1 N–H and O–H groups in total. The van der Waals surface area contributed by atoms with Crippen LogP contribution in [-0.2, 0) is 5.67 Å². The average Bonchev–Trinajstić information content (AvgIpc) is 2.17. The maximum Gasteiger partial charge on any atom is 0.138 e. The maximum absolute atomic E-state index is 14.3. The second kappa shape index (κ2) is 3.85. The number of hydrogen-bond acceptors (Lipinski definition) is 1. The van der Waals surface area contributed by atoms with Crippen molar-refractivity contribution in [3.8, 4) is 0 Å². The van der Waals surface area contributed by atoms with E-state index in [1.165, 1.54) is 0 Å². The van der Waals surface area contributed by atoms with Crippen molar-refractivity contribution in [2.45, 2.75) is 18.5 Å². The zero-order chi connectivity index (χ0) is 10.9. The highest BCUT2D eigenvalue weighted by molar-refractivity contribution is 5.25. The quantitative estimate of drug-likeness (QED) is 0.759. The summed E-state index contributed by atoms with van der Waals surface area (Å²) in [6.45, 7) is 1.07. The van der Waals surface area contributed by atoms with Crippen LogP contribution in [0.1, 0.15) is 18.4 Å². The molecule has 2 rings (SSSR count). The zero-order valence-corrected chi connectivity index (χ0v) is 8.19. The van der Waals surface area contributed by atoms with E-state index in [-0.39, 0.29) is 18.4 Å². The van der Waals surface area contributed by atoms with Crippen molar-refractivity contribution in [3.63, 3.8) is 0 Å². The van der Waals surface area contributed by atoms with Crippen molar-refractivity contribution in [2.75, 3.05) is 13.1 Å². The standard InChI is InChI=1S/C11H12F3N/c12-9-5-8(6-10(13)7-9)11(14)1-3-15-4-2-11/h5-7,15H,1-4H2. The number of halogens is 3. The van der Waals surface area contributed by atoms with Gasteiger partial charge in [0, 0.05) is 6.07 Å². The van der Waals surface area contributed by atoms with E-state index in [0.717, 1.165) is 18.2 Å². The van der Waals surface area contributed by atoms with E-state index in [2.05, 4.69) is 5.32 Å². The van der Waals surface area contributed by atoms with E-state index < -0.39 is 17.3 Å². The van der Waals surface area contributed by atoms with Gasteiger partial charge in [-0.15, -0.1) is 0 Å². The lowest BCUT2D eigenvalue weighted by molar-refractivity contribution is 0.114. The second-order valence-corrected chi connectivity index (χ2v) is 3.87. The van der Waals surface area contributed by atoms with Crippen LogP contribution in [0.2, 0.25) is 0 Å².